The van der Waals surface area contributed by atoms with Crippen LogP contribution in [-0.2, 0) is 4.79 Å². The third-order valence-corrected chi connectivity index (χ3v) is 3.23. The van der Waals surface area contributed by atoms with E-state index in [4.69, 9.17) is 0 Å². The second kappa shape index (κ2) is 5.15. The lowest BCUT2D eigenvalue weighted by atomic mass is 10.2. The molecule has 78 valence electrons. The van der Waals surface area contributed by atoms with Crippen molar-refractivity contribution in [3.05, 3.63) is 21.9 Å². The molecule has 1 rings (SSSR count). The van der Waals surface area contributed by atoms with Crippen molar-refractivity contribution in [3.63, 3.8) is 0 Å². The molecule has 0 radical (unpaired) electrons. The van der Waals surface area contributed by atoms with Crippen LogP contribution in [0.25, 0.3) is 0 Å². The van der Waals surface area contributed by atoms with Crippen LogP contribution in [0.15, 0.2) is 12.1 Å². The molecule has 0 fully saturated rings. The van der Waals surface area contributed by atoms with Crippen LogP contribution in [0.4, 0.5) is 0 Å². The highest BCUT2D eigenvalue weighted by atomic mass is 32.1. The first-order chi connectivity index (χ1) is 6.63. The van der Waals surface area contributed by atoms with E-state index in [-0.39, 0.29) is 11.9 Å². The quantitative estimate of drug-likeness (QED) is 0.815. The first-order valence-electron chi connectivity index (χ1n) is 4.99. The number of aryl methyl sites for hydroxylation is 1. The molecule has 0 saturated carbocycles. The maximum absolute atomic E-state index is 11.3. The summed E-state index contributed by atoms with van der Waals surface area (Å²) < 4.78 is 0. The smallest absolute Gasteiger partial charge is 0.220 e. The van der Waals surface area contributed by atoms with Crippen molar-refractivity contribution in [2.24, 2.45) is 0 Å². The molecule has 1 aromatic heterocycles. The fourth-order valence-corrected chi connectivity index (χ4v) is 2.18. The fraction of sp³-hybridized carbons (Fsp3) is 0.545. The van der Waals surface area contributed by atoms with Gasteiger partial charge in [0.1, 0.15) is 0 Å². The van der Waals surface area contributed by atoms with Gasteiger partial charge in [0.15, 0.2) is 0 Å². The normalized spacial score (nSPS) is 12.5. The molecule has 1 heterocycles. The van der Waals surface area contributed by atoms with Crippen LogP contribution < -0.4 is 5.32 Å². The minimum absolute atomic E-state index is 0.144. The minimum Gasteiger partial charge on any atom is -0.349 e. The standard InChI is InChI=1S/C11H17NOS/c1-4-5-11(13)12-9(3)10-7-6-8(2)14-10/h6-7,9H,4-5H2,1-3H3,(H,12,13). The summed E-state index contributed by atoms with van der Waals surface area (Å²) in [4.78, 5) is 13.8. The number of carbonyl (C=O) groups excluding carboxylic acids is 1. The van der Waals surface area contributed by atoms with E-state index < -0.39 is 0 Å². The molecule has 0 saturated heterocycles. The lowest BCUT2D eigenvalue weighted by Crippen LogP contribution is -2.25. The zero-order chi connectivity index (χ0) is 10.6. The number of carbonyl (C=O) groups is 1. The van der Waals surface area contributed by atoms with Crippen LogP contribution in [0.5, 0.6) is 0 Å². The van der Waals surface area contributed by atoms with Crippen molar-refractivity contribution < 1.29 is 4.79 Å². The van der Waals surface area contributed by atoms with Crippen LogP contribution >= 0.6 is 11.3 Å². The van der Waals surface area contributed by atoms with Crippen molar-refractivity contribution >= 4 is 17.2 Å². The Bertz CT molecular complexity index is 306. The molecule has 14 heavy (non-hydrogen) atoms. The summed E-state index contributed by atoms with van der Waals surface area (Å²) in [5.74, 6) is 0.144. The summed E-state index contributed by atoms with van der Waals surface area (Å²) in [6.45, 7) is 6.12. The van der Waals surface area contributed by atoms with Crippen molar-refractivity contribution in [2.75, 3.05) is 0 Å². The van der Waals surface area contributed by atoms with E-state index in [9.17, 15) is 4.79 Å². The van der Waals surface area contributed by atoms with E-state index in [1.54, 1.807) is 11.3 Å². The highest BCUT2D eigenvalue weighted by Gasteiger charge is 2.09. The molecule has 0 bridgehead atoms. The maximum Gasteiger partial charge on any atom is 0.220 e. The summed E-state index contributed by atoms with van der Waals surface area (Å²) in [5, 5.41) is 2.98. The van der Waals surface area contributed by atoms with Gasteiger partial charge >= 0.3 is 0 Å². The first kappa shape index (κ1) is 11.2. The van der Waals surface area contributed by atoms with Gasteiger partial charge in [-0.1, -0.05) is 6.92 Å². The van der Waals surface area contributed by atoms with E-state index in [1.165, 1.54) is 9.75 Å². The van der Waals surface area contributed by atoms with Gasteiger partial charge in [0.25, 0.3) is 0 Å². The fourth-order valence-electron chi connectivity index (χ4n) is 1.30. The summed E-state index contributed by atoms with van der Waals surface area (Å²) in [6, 6.07) is 4.31. The zero-order valence-corrected chi connectivity index (χ0v) is 9.78. The van der Waals surface area contributed by atoms with Gasteiger partial charge in [-0.25, -0.2) is 0 Å². The van der Waals surface area contributed by atoms with Gasteiger partial charge in [-0.05, 0) is 32.4 Å². The highest BCUT2D eigenvalue weighted by Crippen LogP contribution is 2.22. The lowest BCUT2D eigenvalue weighted by molar-refractivity contribution is -0.121. The first-order valence-corrected chi connectivity index (χ1v) is 5.80. The Morgan fingerprint density at radius 1 is 1.57 bits per heavy atom. The van der Waals surface area contributed by atoms with E-state index in [2.05, 4.69) is 24.4 Å². The van der Waals surface area contributed by atoms with Crippen LogP contribution in [0.3, 0.4) is 0 Å². The van der Waals surface area contributed by atoms with Gasteiger partial charge in [-0.3, -0.25) is 4.79 Å². The van der Waals surface area contributed by atoms with E-state index >= 15 is 0 Å². The van der Waals surface area contributed by atoms with Gasteiger partial charge in [0.2, 0.25) is 5.91 Å². The van der Waals surface area contributed by atoms with Crippen LogP contribution in [-0.4, -0.2) is 5.91 Å². The number of nitrogens with one attached hydrogen (secondary N) is 1. The van der Waals surface area contributed by atoms with Crippen molar-refractivity contribution in [1.29, 1.82) is 0 Å². The van der Waals surface area contributed by atoms with Gasteiger partial charge in [-0.15, -0.1) is 11.3 Å². The number of hydrogen-bond donors (Lipinski definition) is 1. The van der Waals surface area contributed by atoms with Crippen molar-refractivity contribution in [1.82, 2.24) is 5.32 Å². The molecule has 0 aliphatic heterocycles. The average Bonchev–Trinajstić information content (AvgIpc) is 2.52. The molecule has 1 unspecified atom stereocenters. The third-order valence-electron chi connectivity index (χ3n) is 2.04. The number of thiophene rings is 1. The largest absolute Gasteiger partial charge is 0.349 e. The van der Waals surface area contributed by atoms with Gasteiger partial charge in [0, 0.05) is 16.2 Å². The molecule has 0 spiro atoms. The molecule has 2 nitrogen and oxygen atoms in total. The Hall–Kier alpha value is -0.830. The Morgan fingerprint density at radius 2 is 2.29 bits per heavy atom. The Labute approximate surface area is 89.3 Å². The van der Waals surface area contributed by atoms with Crippen molar-refractivity contribution in [3.8, 4) is 0 Å². The summed E-state index contributed by atoms with van der Waals surface area (Å²) >= 11 is 1.74. The minimum atomic E-state index is 0.144. The lowest BCUT2D eigenvalue weighted by Gasteiger charge is -2.11. The molecular weight excluding hydrogens is 194 g/mol. The Morgan fingerprint density at radius 3 is 2.79 bits per heavy atom. The molecule has 3 heteroatoms. The topological polar surface area (TPSA) is 29.1 Å². The number of amides is 1. The summed E-state index contributed by atoms with van der Waals surface area (Å²) in [6.07, 6.45) is 1.52. The number of hydrogen-bond acceptors (Lipinski definition) is 2. The predicted molar refractivity (Wildman–Crippen MR) is 60.5 cm³/mol. The van der Waals surface area contributed by atoms with Crippen molar-refractivity contribution in [2.45, 2.75) is 39.7 Å². The molecule has 1 amide bonds. The molecule has 1 N–H and O–H groups in total. The monoisotopic (exact) mass is 211 g/mol. The van der Waals surface area contributed by atoms with Gasteiger partial charge in [-0.2, -0.15) is 0 Å². The summed E-state index contributed by atoms with van der Waals surface area (Å²) in [5.41, 5.74) is 0. The maximum atomic E-state index is 11.3. The van der Waals surface area contributed by atoms with E-state index in [0.717, 1.165) is 6.42 Å². The molecule has 0 aliphatic rings. The van der Waals surface area contributed by atoms with E-state index in [0.29, 0.717) is 6.42 Å². The Kier molecular flexibility index (Phi) is 4.14. The zero-order valence-electron chi connectivity index (χ0n) is 8.96. The molecule has 1 aromatic rings. The van der Waals surface area contributed by atoms with E-state index in [1.807, 2.05) is 13.8 Å². The van der Waals surface area contributed by atoms with Gasteiger partial charge in [0.05, 0.1) is 6.04 Å². The molecule has 0 aliphatic carbocycles. The molecule has 0 aromatic carbocycles. The predicted octanol–water partition coefficient (Wildman–Crippen LogP) is 3.03. The highest BCUT2D eigenvalue weighted by molar-refractivity contribution is 7.12. The average molecular weight is 211 g/mol. The molecule has 1 atom stereocenters. The molecular formula is C11H17NOS. The SMILES string of the molecule is CCCC(=O)NC(C)c1ccc(C)s1. The second-order valence-corrected chi connectivity index (χ2v) is 4.81. The van der Waals surface area contributed by atoms with Crippen LogP contribution in [0, 0.1) is 6.92 Å². The number of rotatable bonds is 4. The Balaban J connectivity index is 2.50. The summed E-state index contributed by atoms with van der Waals surface area (Å²) in [7, 11) is 0. The second-order valence-electron chi connectivity index (χ2n) is 3.49. The van der Waals surface area contributed by atoms with Crippen LogP contribution in [0.2, 0.25) is 0 Å². The van der Waals surface area contributed by atoms with Gasteiger partial charge < -0.3 is 5.32 Å². The van der Waals surface area contributed by atoms with Crippen LogP contribution in [0.1, 0.15) is 42.5 Å². The third kappa shape index (κ3) is 3.14.